The SMILES string of the molecule is COc1ccc([C@@H]2[C@@H](CCCCc3ccc(F)cc3)CC(=S)N2c2ccccc2)c(O)c1. The maximum Gasteiger partial charge on any atom is 0.124 e. The molecule has 1 aliphatic heterocycles. The fourth-order valence-electron chi connectivity index (χ4n) is 4.63. The molecule has 3 aromatic carbocycles. The van der Waals surface area contributed by atoms with E-state index in [1.165, 1.54) is 12.1 Å². The Kier molecular flexibility index (Phi) is 7.05. The first-order chi connectivity index (χ1) is 15.6. The van der Waals surface area contributed by atoms with Crippen LogP contribution >= 0.6 is 12.2 Å². The molecule has 0 saturated carbocycles. The highest BCUT2D eigenvalue weighted by atomic mass is 32.1. The van der Waals surface area contributed by atoms with E-state index < -0.39 is 0 Å². The number of phenols is 1. The van der Waals surface area contributed by atoms with Gasteiger partial charge in [0.25, 0.3) is 0 Å². The van der Waals surface area contributed by atoms with Gasteiger partial charge < -0.3 is 14.7 Å². The van der Waals surface area contributed by atoms with Crippen molar-refractivity contribution in [2.75, 3.05) is 12.0 Å². The van der Waals surface area contributed by atoms with Crippen molar-refractivity contribution in [1.82, 2.24) is 0 Å². The van der Waals surface area contributed by atoms with Crippen molar-refractivity contribution in [2.45, 2.75) is 38.1 Å². The van der Waals surface area contributed by atoms with Gasteiger partial charge in [-0.2, -0.15) is 0 Å². The first-order valence-electron chi connectivity index (χ1n) is 11.1. The number of hydrogen-bond acceptors (Lipinski definition) is 3. The Morgan fingerprint density at radius 1 is 1.03 bits per heavy atom. The Balaban J connectivity index is 1.53. The minimum atomic E-state index is -0.198. The lowest BCUT2D eigenvalue weighted by atomic mass is 9.88. The van der Waals surface area contributed by atoms with Crippen molar-refractivity contribution in [3.05, 3.63) is 89.7 Å². The maximum atomic E-state index is 13.1. The summed E-state index contributed by atoms with van der Waals surface area (Å²) in [5.74, 6) is 0.969. The summed E-state index contributed by atoms with van der Waals surface area (Å²) in [5.41, 5.74) is 3.08. The third-order valence-electron chi connectivity index (χ3n) is 6.22. The van der Waals surface area contributed by atoms with Crippen LogP contribution in [0.5, 0.6) is 11.5 Å². The number of unbranched alkanes of at least 4 members (excludes halogenated alkanes) is 1. The molecule has 0 spiro atoms. The van der Waals surface area contributed by atoms with E-state index in [-0.39, 0.29) is 17.6 Å². The lowest BCUT2D eigenvalue weighted by Crippen LogP contribution is -2.28. The van der Waals surface area contributed by atoms with E-state index in [0.717, 1.165) is 53.9 Å². The number of aryl methyl sites for hydroxylation is 1. The number of rotatable bonds is 8. The molecule has 166 valence electrons. The monoisotopic (exact) mass is 449 g/mol. The number of aromatic hydroxyl groups is 1. The van der Waals surface area contributed by atoms with Crippen LogP contribution in [0.2, 0.25) is 0 Å². The molecule has 4 rings (SSSR count). The van der Waals surface area contributed by atoms with Gasteiger partial charge >= 0.3 is 0 Å². The van der Waals surface area contributed by atoms with Gasteiger partial charge in [0.05, 0.1) is 18.1 Å². The lowest BCUT2D eigenvalue weighted by Gasteiger charge is -2.30. The molecule has 1 saturated heterocycles. The molecule has 1 fully saturated rings. The van der Waals surface area contributed by atoms with Crippen molar-refractivity contribution >= 4 is 22.9 Å². The summed E-state index contributed by atoms with van der Waals surface area (Å²) >= 11 is 5.82. The molecule has 2 atom stereocenters. The molecule has 5 heteroatoms. The molecule has 0 bridgehead atoms. The van der Waals surface area contributed by atoms with E-state index in [9.17, 15) is 9.50 Å². The molecular formula is C27H28FNO2S. The average Bonchev–Trinajstić information content (AvgIpc) is 3.14. The second-order valence-electron chi connectivity index (χ2n) is 8.31. The first-order valence-corrected chi connectivity index (χ1v) is 11.5. The molecule has 0 aromatic heterocycles. The number of phenolic OH excluding ortho intramolecular Hbond substituents is 1. The van der Waals surface area contributed by atoms with E-state index in [1.54, 1.807) is 13.2 Å². The highest BCUT2D eigenvalue weighted by Crippen LogP contribution is 2.47. The van der Waals surface area contributed by atoms with Gasteiger partial charge in [-0.05, 0) is 67.1 Å². The van der Waals surface area contributed by atoms with Crippen molar-refractivity contribution in [3.63, 3.8) is 0 Å². The first kappa shape index (κ1) is 22.3. The lowest BCUT2D eigenvalue weighted by molar-refractivity contribution is 0.393. The largest absolute Gasteiger partial charge is 0.507 e. The summed E-state index contributed by atoms with van der Waals surface area (Å²) in [5, 5.41) is 10.8. The molecule has 3 nitrogen and oxygen atoms in total. The third kappa shape index (κ3) is 4.94. The summed E-state index contributed by atoms with van der Waals surface area (Å²) in [6, 6.07) is 22.4. The molecule has 0 aliphatic carbocycles. The average molecular weight is 450 g/mol. The van der Waals surface area contributed by atoms with Gasteiger partial charge in [0.1, 0.15) is 17.3 Å². The Labute approximate surface area is 194 Å². The fraction of sp³-hybridized carbons (Fsp3) is 0.296. The summed E-state index contributed by atoms with van der Waals surface area (Å²) in [6.07, 6.45) is 4.82. The quantitative estimate of drug-likeness (QED) is 0.301. The number of ether oxygens (including phenoxy) is 1. The van der Waals surface area contributed by atoms with Gasteiger partial charge in [0.2, 0.25) is 0 Å². The summed E-state index contributed by atoms with van der Waals surface area (Å²) in [7, 11) is 1.60. The van der Waals surface area contributed by atoms with E-state index in [0.29, 0.717) is 11.7 Å². The zero-order chi connectivity index (χ0) is 22.5. The molecule has 1 heterocycles. The van der Waals surface area contributed by atoms with Gasteiger partial charge in [0, 0.05) is 23.7 Å². The molecule has 3 aromatic rings. The predicted octanol–water partition coefficient (Wildman–Crippen LogP) is 6.85. The van der Waals surface area contributed by atoms with E-state index in [2.05, 4.69) is 17.0 Å². The van der Waals surface area contributed by atoms with Crippen molar-refractivity contribution < 1.29 is 14.2 Å². The van der Waals surface area contributed by atoms with Crippen LogP contribution in [0.4, 0.5) is 10.1 Å². The summed E-state index contributed by atoms with van der Waals surface area (Å²) in [4.78, 5) is 3.10. The van der Waals surface area contributed by atoms with Gasteiger partial charge in [-0.25, -0.2) is 4.39 Å². The van der Waals surface area contributed by atoms with Crippen LogP contribution in [0.1, 0.15) is 42.9 Å². The van der Waals surface area contributed by atoms with Crippen LogP contribution < -0.4 is 9.64 Å². The van der Waals surface area contributed by atoms with Gasteiger partial charge in [-0.15, -0.1) is 0 Å². The number of hydrogen-bond donors (Lipinski definition) is 1. The zero-order valence-electron chi connectivity index (χ0n) is 18.2. The smallest absolute Gasteiger partial charge is 0.124 e. The van der Waals surface area contributed by atoms with Crippen molar-refractivity contribution in [3.8, 4) is 11.5 Å². The Bertz CT molecular complexity index is 1060. The highest BCUT2D eigenvalue weighted by Gasteiger charge is 2.40. The number of methoxy groups -OCH3 is 1. The molecule has 1 N–H and O–H groups in total. The normalized spacial score (nSPS) is 18.2. The van der Waals surface area contributed by atoms with Crippen LogP contribution in [-0.2, 0) is 6.42 Å². The molecule has 1 aliphatic rings. The number of para-hydroxylation sites is 1. The number of anilines is 1. The zero-order valence-corrected chi connectivity index (χ0v) is 19.0. The molecule has 0 unspecified atom stereocenters. The Hall–Kier alpha value is -2.92. The topological polar surface area (TPSA) is 32.7 Å². The van der Waals surface area contributed by atoms with Crippen LogP contribution in [0, 0.1) is 11.7 Å². The Morgan fingerprint density at radius 2 is 1.78 bits per heavy atom. The van der Waals surface area contributed by atoms with Crippen molar-refractivity contribution in [1.29, 1.82) is 0 Å². The number of benzene rings is 3. The molecule has 0 amide bonds. The maximum absolute atomic E-state index is 13.1. The van der Waals surface area contributed by atoms with Crippen LogP contribution in [0.15, 0.2) is 72.8 Å². The Morgan fingerprint density at radius 3 is 2.47 bits per heavy atom. The van der Waals surface area contributed by atoms with E-state index in [1.807, 2.05) is 42.5 Å². The number of nitrogens with zero attached hydrogens (tertiary/aromatic N) is 1. The minimum absolute atomic E-state index is 0.0263. The fourth-order valence-corrected chi connectivity index (χ4v) is 5.07. The molecule has 0 radical (unpaired) electrons. The van der Waals surface area contributed by atoms with E-state index >= 15 is 0 Å². The highest BCUT2D eigenvalue weighted by molar-refractivity contribution is 7.80. The summed E-state index contributed by atoms with van der Waals surface area (Å²) in [6.45, 7) is 0. The van der Waals surface area contributed by atoms with Crippen LogP contribution in [0.25, 0.3) is 0 Å². The predicted molar refractivity (Wildman–Crippen MR) is 131 cm³/mol. The molecule has 32 heavy (non-hydrogen) atoms. The summed E-state index contributed by atoms with van der Waals surface area (Å²) < 4.78 is 18.4. The second kappa shape index (κ2) is 10.1. The number of thiocarbonyl (C=S) groups is 1. The standard InChI is InChI=1S/C27H28FNO2S/c1-31-23-15-16-24(25(30)18-23)27-20(8-6-5-7-19-11-13-21(28)14-12-19)17-26(32)29(27)22-9-3-2-4-10-22/h2-4,9-16,18,20,27,30H,5-8,17H2,1H3/t20-,27-/m0/s1. The minimum Gasteiger partial charge on any atom is -0.507 e. The van der Waals surface area contributed by atoms with Crippen molar-refractivity contribution in [2.24, 2.45) is 5.92 Å². The second-order valence-corrected chi connectivity index (χ2v) is 8.78. The number of halogens is 1. The third-order valence-corrected chi connectivity index (χ3v) is 6.59. The van der Waals surface area contributed by atoms with Crippen LogP contribution in [-0.4, -0.2) is 17.2 Å². The van der Waals surface area contributed by atoms with Gasteiger partial charge in [-0.3, -0.25) is 0 Å². The van der Waals surface area contributed by atoms with Crippen LogP contribution in [0.3, 0.4) is 0 Å². The van der Waals surface area contributed by atoms with Gasteiger partial charge in [-0.1, -0.05) is 49.0 Å². The van der Waals surface area contributed by atoms with E-state index in [4.69, 9.17) is 17.0 Å². The van der Waals surface area contributed by atoms with Gasteiger partial charge in [0.15, 0.2) is 0 Å². The molecular weight excluding hydrogens is 421 g/mol.